The van der Waals surface area contributed by atoms with Crippen molar-refractivity contribution in [1.29, 1.82) is 5.26 Å². The second-order valence-corrected chi connectivity index (χ2v) is 12.5. The van der Waals surface area contributed by atoms with Gasteiger partial charge in [-0.3, -0.25) is 4.79 Å². The lowest BCUT2D eigenvalue weighted by Crippen LogP contribution is -2.39. The van der Waals surface area contributed by atoms with E-state index in [1.54, 1.807) is 12.1 Å². The molecule has 1 aliphatic carbocycles. The number of nitrogens with one attached hydrogen (secondary N) is 1. The number of pyridine rings is 2. The van der Waals surface area contributed by atoms with E-state index in [-0.39, 0.29) is 45.0 Å². The first-order chi connectivity index (χ1) is 19.4. The van der Waals surface area contributed by atoms with Gasteiger partial charge in [0.05, 0.1) is 28.8 Å². The number of anilines is 1. The van der Waals surface area contributed by atoms with E-state index in [1.807, 2.05) is 19.9 Å². The first-order valence-corrected chi connectivity index (χ1v) is 14.4. The van der Waals surface area contributed by atoms with Crippen LogP contribution in [-0.4, -0.2) is 39.5 Å². The van der Waals surface area contributed by atoms with E-state index < -0.39 is 39.1 Å². The fraction of sp³-hybridized carbons (Fsp3) is 0.310. The fourth-order valence-electron chi connectivity index (χ4n) is 5.47. The molecule has 4 aromatic rings. The minimum Gasteiger partial charge on any atom is -0.481 e. The van der Waals surface area contributed by atoms with E-state index in [9.17, 15) is 28.0 Å². The summed E-state index contributed by atoms with van der Waals surface area (Å²) in [6.07, 6.45) is 5.10. The molecule has 1 aliphatic rings. The lowest BCUT2D eigenvalue weighted by Gasteiger charge is -2.34. The SMILES string of the molecule is Cc1ccc(S(=O)(=O)n2cc(-c3nc(NC(CC(=O)O)C4(C)CCCC4)c(F)cc3C#N)c3cc(F)cnc32)cc1. The van der Waals surface area contributed by atoms with Crippen LogP contribution in [0.4, 0.5) is 14.6 Å². The molecule has 0 bridgehead atoms. The monoisotopic (exact) mass is 579 g/mol. The van der Waals surface area contributed by atoms with Gasteiger partial charge in [-0.1, -0.05) is 37.5 Å². The minimum absolute atomic E-state index is 0.0334. The van der Waals surface area contributed by atoms with Gasteiger partial charge in [-0.25, -0.2) is 31.1 Å². The Morgan fingerprint density at radius 1 is 1.22 bits per heavy atom. The lowest BCUT2D eigenvalue weighted by molar-refractivity contribution is -0.137. The van der Waals surface area contributed by atoms with Gasteiger partial charge in [-0.2, -0.15) is 5.26 Å². The third kappa shape index (κ3) is 5.25. The van der Waals surface area contributed by atoms with E-state index in [4.69, 9.17) is 0 Å². The van der Waals surface area contributed by atoms with E-state index in [0.717, 1.165) is 53.5 Å². The fourth-order valence-corrected chi connectivity index (χ4v) is 6.80. The van der Waals surface area contributed by atoms with Gasteiger partial charge in [0.2, 0.25) is 0 Å². The normalized spacial score (nSPS) is 15.5. The van der Waals surface area contributed by atoms with E-state index in [2.05, 4.69) is 15.3 Å². The number of halogens is 2. The summed E-state index contributed by atoms with van der Waals surface area (Å²) in [6, 6.07) is 9.39. The molecule has 2 N–H and O–H groups in total. The van der Waals surface area contributed by atoms with Crippen LogP contribution in [0, 0.1) is 35.3 Å². The number of aryl methyl sites for hydroxylation is 1. The molecular weight excluding hydrogens is 552 g/mol. The highest BCUT2D eigenvalue weighted by Crippen LogP contribution is 2.43. The van der Waals surface area contributed by atoms with Crippen LogP contribution in [0.15, 0.2) is 53.7 Å². The van der Waals surface area contributed by atoms with Crippen LogP contribution < -0.4 is 5.32 Å². The van der Waals surface area contributed by atoms with Crippen LogP contribution in [0.2, 0.25) is 0 Å². The molecule has 1 saturated carbocycles. The summed E-state index contributed by atoms with van der Waals surface area (Å²) in [7, 11) is -4.21. The number of hydrogen-bond donors (Lipinski definition) is 2. The standard InChI is InChI=1S/C29H27F2N5O4S/c1-17-5-7-20(8-6-17)41(39,40)36-16-22(21-12-19(30)15-33-28(21)36)26-18(14-32)11-23(31)27(35-26)34-24(13-25(37)38)29(2)9-3-4-10-29/h5-8,11-12,15-16,24H,3-4,9-10,13H2,1-2H3,(H,34,35)(H,37,38). The number of fused-ring (bicyclic) bond motifs is 1. The first-order valence-electron chi connectivity index (χ1n) is 13.0. The second-order valence-electron chi connectivity index (χ2n) is 10.7. The van der Waals surface area contributed by atoms with Crippen LogP contribution in [0.3, 0.4) is 0 Å². The maximum Gasteiger partial charge on any atom is 0.305 e. The van der Waals surface area contributed by atoms with Gasteiger partial charge in [-0.15, -0.1) is 0 Å². The van der Waals surface area contributed by atoms with Crippen LogP contribution in [0.1, 0.15) is 50.2 Å². The molecule has 12 heteroatoms. The Morgan fingerprint density at radius 3 is 2.54 bits per heavy atom. The number of hydrogen-bond acceptors (Lipinski definition) is 7. The van der Waals surface area contributed by atoms with Crippen LogP contribution in [0.5, 0.6) is 0 Å². The average molecular weight is 580 g/mol. The van der Waals surface area contributed by atoms with E-state index >= 15 is 4.39 Å². The zero-order valence-corrected chi connectivity index (χ0v) is 23.2. The van der Waals surface area contributed by atoms with Crippen molar-refractivity contribution in [3.63, 3.8) is 0 Å². The number of rotatable bonds is 8. The van der Waals surface area contributed by atoms with Crippen LogP contribution in [0.25, 0.3) is 22.3 Å². The molecule has 1 atom stereocenters. The highest BCUT2D eigenvalue weighted by molar-refractivity contribution is 7.90. The van der Waals surface area contributed by atoms with Gasteiger partial charge in [-0.05, 0) is 49.4 Å². The second kappa shape index (κ2) is 10.6. The molecule has 0 radical (unpaired) electrons. The summed E-state index contributed by atoms with van der Waals surface area (Å²) >= 11 is 0. The largest absolute Gasteiger partial charge is 0.481 e. The van der Waals surface area contributed by atoms with Crippen molar-refractivity contribution in [1.82, 2.24) is 13.9 Å². The van der Waals surface area contributed by atoms with Gasteiger partial charge in [0.1, 0.15) is 11.9 Å². The van der Waals surface area contributed by atoms with Crippen molar-refractivity contribution in [3.8, 4) is 17.3 Å². The molecule has 0 amide bonds. The van der Waals surface area contributed by atoms with Gasteiger partial charge >= 0.3 is 5.97 Å². The molecule has 3 heterocycles. The van der Waals surface area contributed by atoms with Crippen molar-refractivity contribution in [2.24, 2.45) is 5.41 Å². The summed E-state index contributed by atoms with van der Waals surface area (Å²) in [5.74, 6) is -2.97. The summed E-state index contributed by atoms with van der Waals surface area (Å²) in [5.41, 5.74) is 0.0522. The lowest BCUT2D eigenvalue weighted by atomic mass is 9.79. The van der Waals surface area contributed by atoms with Crippen LogP contribution >= 0.6 is 0 Å². The molecule has 0 aliphatic heterocycles. The number of carboxylic acids is 1. The highest BCUT2D eigenvalue weighted by atomic mass is 32.2. The number of carboxylic acid groups (broad SMARTS) is 1. The van der Waals surface area contributed by atoms with Crippen molar-refractivity contribution >= 4 is 32.8 Å². The molecule has 1 fully saturated rings. The molecule has 212 valence electrons. The van der Waals surface area contributed by atoms with Crippen molar-refractivity contribution < 1.29 is 27.1 Å². The van der Waals surface area contributed by atoms with E-state index in [0.29, 0.717) is 0 Å². The molecule has 1 unspecified atom stereocenters. The Labute approximate surface area is 235 Å². The number of benzene rings is 1. The van der Waals surface area contributed by atoms with Crippen molar-refractivity contribution in [2.45, 2.75) is 56.9 Å². The maximum absolute atomic E-state index is 15.3. The third-order valence-corrected chi connectivity index (χ3v) is 9.45. The maximum atomic E-state index is 15.3. The summed E-state index contributed by atoms with van der Waals surface area (Å²) < 4.78 is 57.8. The molecule has 1 aromatic carbocycles. The van der Waals surface area contributed by atoms with Crippen molar-refractivity contribution in [2.75, 3.05) is 5.32 Å². The van der Waals surface area contributed by atoms with Gasteiger partial charge < -0.3 is 10.4 Å². The number of nitriles is 1. The zero-order chi connectivity index (χ0) is 29.5. The Hall–Kier alpha value is -4.37. The molecule has 0 saturated heterocycles. The van der Waals surface area contributed by atoms with Gasteiger partial charge in [0, 0.05) is 23.2 Å². The van der Waals surface area contributed by atoms with Gasteiger partial charge in [0.15, 0.2) is 17.3 Å². The predicted octanol–water partition coefficient (Wildman–Crippen LogP) is 5.63. The van der Waals surface area contributed by atoms with Crippen molar-refractivity contribution in [3.05, 3.63) is 71.6 Å². The number of aromatic nitrogens is 3. The summed E-state index contributed by atoms with van der Waals surface area (Å²) in [5, 5.41) is 22.4. The summed E-state index contributed by atoms with van der Waals surface area (Å²) in [6.45, 7) is 3.76. The summed E-state index contributed by atoms with van der Waals surface area (Å²) in [4.78, 5) is 20.0. The minimum atomic E-state index is -4.21. The molecular formula is C29H27F2N5O4S. The average Bonchev–Trinajstić information content (AvgIpc) is 3.54. The van der Waals surface area contributed by atoms with Crippen LogP contribution in [-0.2, 0) is 14.8 Å². The zero-order valence-electron chi connectivity index (χ0n) is 22.4. The highest BCUT2D eigenvalue weighted by Gasteiger charge is 2.39. The quantitative estimate of drug-likeness (QED) is 0.274. The molecule has 0 spiro atoms. The smallest absolute Gasteiger partial charge is 0.305 e. The number of nitrogens with zero attached hydrogens (tertiary/aromatic N) is 4. The Bertz CT molecular complexity index is 1810. The Morgan fingerprint density at radius 2 is 1.90 bits per heavy atom. The molecule has 41 heavy (non-hydrogen) atoms. The molecule has 9 nitrogen and oxygen atoms in total. The molecule has 5 rings (SSSR count). The van der Waals surface area contributed by atoms with E-state index in [1.165, 1.54) is 18.3 Å². The number of carbonyl (C=O) groups is 1. The first kappa shape index (κ1) is 28.2. The Balaban J connectivity index is 1.68. The third-order valence-electron chi connectivity index (χ3n) is 7.78. The number of aliphatic carboxylic acids is 1. The van der Waals surface area contributed by atoms with Gasteiger partial charge in [0.25, 0.3) is 10.0 Å². The predicted molar refractivity (Wildman–Crippen MR) is 148 cm³/mol. The Kier molecular flexibility index (Phi) is 7.25. The topological polar surface area (TPSA) is 138 Å². The molecule has 3 aromatic heterocycles.